The minimum Gasteiger partial charge on any atom is -0.472 e. The van der Waals surface area contributed by atoms with Crippen LogP contribution in [0, 0.1) is 0 Å². The van der Waals surface area contributed by atoms with Gasteiger partial charge in [-0.05, 0) is 18.2 Å². The second-order valence-corrected chi connectivity index (χ2v) is 9.06. The van der Waals surface area contributed by atoms with Crippen LogP contribution in [0.25, 0.3) is 0 Å². The maximum absolute atomic E-state index is 13.8. The normalized spacial score (nSPS) is 14.6. The van der Waals surface area contributed by atoms with Crippen molar-refractivity contribution in [3.8, 4) is 11.5 Å². The number of carbonyl (C=O) groups excluding carboxylic acids is 2. The molecule has 4 heterocycles. The highest BCUT2D eigenvalue weighted by molar-refractivity contribution is 7.15. The third kappa shape index (κ3) is 3.48. The summed E-state index contributed by atoms with van der Waals surface area (Å²) in [5.74, 6) is 0.795. The quantitative estimate of drug-likeness (QED) is 0.477. The van der Waals surface area contributed by atoms with Crippen LogP contribution in [0.2, 0.25) is 0 Å². The van der Waals surface area contributed by atoms with Gasteiger partial charge in [-0.2, -0.15) is 0 Å². The molecule has 7 nitrogen and oxygen atoms in total. The second kappa shape index (κ2) is 7.90. The fraction of sp³-hybridized carbons (Fsp3) is 0.160. The van der Waals surface area contributed by atoms with Crippen LogP contribution in [0.5, 0.6) is 11.5 Å². The molecule has 2 aromatic heterocycles. The number of anilines is 1. The molecular formula is C25H19N3O4S. The minimum absolute atomic E-state index is 0.0428. The Morgan fingerprint density at radius 3 is 2.45 bits per heavy atom. The van der Waals surface area contributed by atoms with E-state index in [-0.39, 0.29) is 11.8 Å². The van der Waals surface area contributed by atoms with Gasteiger partial charge in [0, 0.05) is 29.0 Å². The number of nitrogens with one attached hydrogen (secondary N) is 1. The number of fused-ring (bicyclic) bond motifs is 3. The summed E-state index contributed by atoms with van der Waals surface area (Å²) in [6.45, 7) is 1.04. The Balaban J connectivity index is 1.26. The van der Waals surface area contributed by atoms with E-state index >= 15 is 0 Å². The van der Waals surface area contributed by atoms with E-state index in [4.69, 9.17) is 9.15 Å². The Morgan fingerprint density at radius 2 is 1.76 bits per heavy atom. The predicted molar refractivity (Wildman–Crippen MR) is 123 cm³/mol. The second-order valence-electron chi connectivity index (χ2n) is 7.98. The SMILES string of the molecule is O=C(Nc1nc2c(s1)CN(C(=O)C1c3ccccc3Oc3ccccc31)CC2)c1ccoc1. The van der Waals surface area contributed by atoms with Crippen LogP contribution in [0.4, 0.5) is 5.13 Å². The number of hydrogen-bond acceptors (Lipinski definition) is 6. The molecule has 0 bridgehead atoms. The third-order valence-electron chi connectivity index (χ3n) is 5.97. The molecule has 0 saturated heterocycles. The Morgan fingerprint density at radius 1 is 1.03 bits per heavy atom. The average molecular weight is 458 g/mol. The number of ether oxygens (including phenoxy) is 1. The van der Waals surface area contributed by atoms with Crippen LogP contribution in [0.1, 0.15) is 38.0 Å². The molecule has 4 aromatic rings. The fourth-order valence-electron chi connectivity index (χ4n) is 4.36. The van der Waals surface area contributed by atoms with Gasteiger partial charge in [0.2, 0.25) is 5.91 Å². The smallest absolute Gasteiger partial charge is 0.260 e. The first-order chi connectivity index (χ1) is 16.2. The molecule has 0 radical (unpaired) electrons. The topological polar surface area (TPSA) is 84.7 Å². The monoisotopic (exact) mass is 457 g/mol. The zero-order valence-corrected chi connectivity index (χ0v) is 18.3. The number of aromatic nitrogens is 1. The first-order valence-electron chi connectivity index (χ1n) is 10.6. The van der Waals surface area contributed by atoms with Crippen LogP contribution < -0.4 is 10.1 Å². The van der Waals surface area contributed by atoms with Crippen LogP contribution in [0.15, 0.2) is 71.5 Å². The van der Waals surface area contributed by atoms with Crippen molar-refractivity contribution in [3.63, 3.8) is 0 Å². The lowest BCUT2D eigenvalue weighted by atomic mass is 9.86. The Kier molecular flexibility index (Phi) is 4.73. The van der Waals surface area contributed by atoms with E-state index in [1.165, 1.54) is 23.9 Å². The standard InChI is InChI=1S/C25H19N3O4S/c29-23(15-10-12-31-14-15)27-25-26-18-9-11-28(13-21(18)33-25)24(30)22-16-5-1-3-7-19(16)32-20-8-4-2-6-17(20)22/h1-8,10,12,14,22H,9,11,13H2,(H,26,27,29). The number of amides is 2. The van der Waals surface area contributed by atoms with Crippen molar-refractivity contribution in [1.29, 1.82) is 0 Å². The lowest BCUT2D eigenvalue weighted by Gasteiger charge is -2.33. The Hall–Kier alpha value is -3.91. The van der Waals surface area contributed by atoms with Crippen molar-refractivity contribution in [2.45, 2.75) is 18.9 Å². The van der Waals surface area contributed by atoms with Gasteiger partial charge in [-0.15, -0.1) is 0 Å². The van der Waals surface area contributed by atoms with Crippen molar-refractivity contribution in [2.24, 2.45) is 0 Å². The highest BCUT2D eigenvalue weighted by atomic mass is 32.1. The number of furan rings is 1. The van der Waals surface area contributed by atoms with E-state index in [0.29, 0.717) is 41.7 Å². The molecule has 2 aromatic carbocycles. The molecule has 1 N–H and O–H groups in total. The summed E-state index contributed by atoms with van der Waals surface area (Å²) in [6, 6.07) is 17.0. The van der Waals surface area contributed by atoms with Gasteiger partial charge in [0.1, 0.15) is 17.8 Å². The van der Waals surface area contributed by atoms with Gasteiger partial charge in [-0.25, -0.2) is 4.98 Å². The van der Waals surface area contributed by atoms with Gasteiger partial charge in [-0.3, -0.25) is 14.9 Å². The maximum atomic E-state index is 13.8. The minimum atomic E-state index is -0.416. The van der Waals surface area contributed by atoms with Gasteiger partial charge < -0.3 is 14.1 Å². The van der Waals surface area contributed by atoms with Gasteiger partial charge in [0.15, 0.2) is 5.13 Å². The molecule has 0 saturated carbocycles. The van der Waals surface area contributed by atoms with Gasteiger partial charge in [-0.1, -0.05) is 47.7 Å². The van der Waals surface area contributed by atoms with Crippen molar-refractivity contribution in [2.75, 3.05) is 11.9 Å². The van der Waals surface area contributed by atoms with E-state index in [1.54, 1.807) is 6.07 Å². The number of thiazole rings is 1. The van der Waals surface area contributed by atoms with Crippen LogP contribution in [-0.2, 0) is 17.8 Å². The molecule has 2 aliphatic rings. The molecule has 6 rings (SSSR count). The van der Waals surface area contributed by atoms with Crippen molar-refractivity contribution in [1.82, 2.24) is 9.88 Å². The summed E-state index contributed by atoms with van der Waals surface area (Å²) in [6.07, 6.45) is 3.50. The number of hydrogen-bond donors (Lipinski definition) is 1. The lowest BCUT2D eigenvalue weighted by Crippen LogP contribution is -2.39. The van der Waals surface area contributed by atoms with Crippen molar-refractivity contribution in [3.05, 3.63) is 94.4 Å². The predicted octanol–water partition coefficient (Wildman–Crippen LogP) is 4.81. The van der Waals surface area contributed by atoms with Crippen LogP contribution >= 0.6 is 11.3 Å². The summed E-state index contributed by atoms with van der Waals surface area (Å²) < 4.78 is 11.0. The first-order valence-corrected chi connectivity index (χ1v) is 11.5. The van der Waals surface area contributed by atoms with E-state index in [1.807, 2.05) is 53.4 Å². The molecule has 0 fully saturated rings. The van der Waals surface area contributed by atoms with E-state index in [0.717, 1.165) is 21.7 Å². The number of carbonyl (C=O) groups is 2. The van der Waals surface area contributed by atoms with E-state index in [2.05, 4.69) is 10.3 Å². The van der Waals surface area contributed by atoms with Crippen molar-refractivity contribution >= 4 is 28.3 Å². The molecule has 2 amide bonds. The van der Waals surface area contributed by atoms with Gasteiger partial charge >= 0.3 is 0 Å². The van der Waals surface area contributed by atoms with Crippen LogP contribution in [0.3, 0.4) is 0 Å². The zero-order valence-electron chi connectivity index (χ0n) is 17.5. The lowest BCUT2D eigenvalue weighted by molar-refractivity contribution is -0.132. The molecule has 0 spiro atoms. The van der Waals surface area contributed by atoms with Crippen molar-refractivity contribution < 1.29 is 18.7 Å². The van der Waals surface area contributed by atoms with E-state index in [9.17, 15) is 9.59 Å². The number of rotatable bonds is 3. The summed E-state index contributed by atoms with van der Waals surface area (Å²) in [7, 11) is 0. The molecule has 164 valence electrons. The summed E-state index contributed by atoms with van der Waals surface area (Å²) in [5, 5.41) is 3.35. The molecule has 0 atom stereocenters. The number of para-hydroxylation sites is 2. The zero-order chi connectivity index (χ0) is 22.4. The maximum Gasteiger partial charge on any atom is 0.260 e. The molecule has 2 aliphatic heterocycles. The molecule has 33 heavy (non-hydrogen) atoms. The number of benzene rings is 2. The van der Waals surface area contributed by atoms with E-state index < -0.39 is 5.92 Å². The van der Waals surface area contributed by atoms with Gasteiger partial charge in [0.25, 0.3) is 5.91 Å². The molecular weight excluding hydrogens is 438 g/mol. The average Bonchev–Trinajstić information content (AvgIpc) is 3.51. The first kappa shape index (κ1) is 19.8. The summed E-state index contributed by atoms with van der Waals surface area (Å²) in [4.78, 5) is 33.6. The highest BCUT2D eigenvalue weighted by Gasteiger charge is 2.36. The molecule has 8 heteroatoms. The van der Waals surface area contributed by atoms with Crippen LogP contribution in [-0.4, -0.2) is 28.2 Å². The largest absolute Gasteiger partial charge is 0.472 e. The Labute approximate surface area is 193 Å². The summed E-state index contributed by atoms with van der Waals surface area (Å²) >= 11 is 1.41. The third-order valence-corrected chi connectivity index (χ3v) is 6.97. The summed E-state index contributed by atoms with van der Waals surface area (Å²) in [5.41, 5.74) is 3.13. The molecule has 0 aliphatic carbocycles. The van der Waals surface area contributed by atoms with Gasteiger partial charge in [0.05, 0.1) is 30.0 Å². The number of nitrogens with zero attached hydrogens (tertiary/aromatic N) is 2. The molecule has 0 unspecified atom stereocenters. The Bertz CT molecular complexity index is 1320. The fourth-order valence-corrected chi connectivity index (χ4v) is 5.38. The highest BCUT2D eigenvalue weighted by Crippen LogP contribution is 2.45.